The number of β-amino-alcohol motifs (C(OH)–C–C–N with tert-alkyl or cyclic N) is 1. The number of hydrogen-bond donors (Lipinski definition) is 1. The zero-order valence-electron chi connectivity index (χ0n) is 10.4. The van der Waals surface area contributed by atoms with Gasteiger partial charge in [0.25, 0.3) is 0 Å². The van der Waals surface area contributed by atoms with Crippen LogP contribution in [0, 0.1) is 0 Å². The number of benzene rings is 1. The smallest absolute Gasteiger partial charge is 0.0705 e. The second kappa shape index (κ2) is 5.04. The van der Waals surface area contributed by atoms with Crippen LogP contribution in [0.3, 0.4) is 0 Å². The van der Waals surface area contributed by atoms with E-state index in [9.17, 15) is 5.11 Å². The van der Waals surface area contributed by atoms with Gasteiger partial charge < -0.3 is 5.11 Å². The summed E-state index contributed by atoms with van der Waals surface area (Å²) in [5.41, 5.74) is 2.13. The minimum atomic E-state index is -0.167. The molecule has 0 radical (unpaired) electrons. The van der Waals surface area contributed by atoms with Crippen molar-refractivity contribution in [2.24, 2.45) is 0 Å². The molecule has 3 nitrogen and oxygen atoms in total. The molecule has 1 unspecified atom stereocenters. The molecule has 0 spiro atoms. The van der Waals surface area contributed by atoms with Crippen molar-refractivity contribution < 1.29 is 5.11 Å². The highest BCUT2D eigenvalue weighted by atomic mass is 16.3. The Morgan fingerprint density at radius 2 is 2.11 bits per heavy atom. The molecule has 3 rings (SSSR count). The lowest BCUT2D eigenvalue weighted by atomic mass is 10.1. The van der Waals surface area contributed by atoms with Crippen LogP contribution in [0.15, 0.2) is 36.4 Å². The van der Waals surface area contributed by atoms with E-state index in [1.807, 2.05) is 18.2 Å². The minimum absolute atomic E-state index is 0.167. The number of nitrogens with zero attached hydrogens (tertiary/aromatic N) is 2. The van der Waals surface area contributed by atoms with E-state index in [0.29, 0.717) is 0 Å². The number of piperidine rings is 1. The van der Waals surface area contributed by atoms with Gasteiger partial charge in [0.05, 0.1) is 17.3 Å². The normalized spacial score (nSPS) is 21.3. The molecule has 1 saturated heterocycles. The number of fused-ring (bicyclic) bond motifs is 1. The Bertz CT molecular complexity index is 541. The molecule has 3 heteroatoms. The maximum Gasteiger partial charge on any atom is 0.0705 e. The van der Waals surface area contributed by atoms with Crippen molar-refractivity contribution in [3.8, 4) is 0 Å². The standard InChI is InChI=1S/C15H18N2O/c18-14-5-3-9-17(11-14)10-13-8-7-12-4-1-2-6-15(12)16-13/h1-2,4,6-8,14,18H,3,5,9-11H2. The molecule has 18 heavy (non-hydrogen) atoms. The zero-order valence-corrected chi connectivity index (χ0v) is 10.4. The number of aromatic nitrogens is 1. The van der Waals surface area contributed by atoms with E-state index in [0.717, 1.165) is 43.7 Å². The Morgan fingerprint density at radius 3 is 3.00 bits per heavy atom. The van der Waals surface area contributed by atoms with Crippen LogP contribution in [-0.4, -0.2) is 34.2 Å². The predicted molar refractivity (Wildman–Crippen MR) is 72.3 cm³/mol. The minimum Gasteiger partial charge on any atom is -0.392 e. The first kappa shape index (κ1) is 11.6. The lowest BCUT2D eigenvalue weighted by molar-refractivity contribution is 0.0662. The van der Waals surface area contributed by atoms with Gasteiger partial charge in [0.2, 0.25) is 0 Å². The van der Waals surface area contributed by atoms with Crippen molar-refractivity contribution in [3.63, 3.8) is 0 Å². The molecule has 2 heterocycles. The molecule has 94 valence electrons. The van der Waals surface area contributed by atoms with E-state index in [4.69, 9.17) is 0 Å². The van der Waals surface area contributed by atoms with Gasteiger partial charge in [-0.15, -0.1) is 0 Å². The number of rotatable bonds is 2. The van der Waals surface area contributed by atoms with Crippen molar-refractivity contribution in [3.05, 3.63) is 42.1 Å². The van der Waals surface area contributed by atoms with Gasteiger partial charge in [0.15, 0.2) is 0 Å². The molecule has 1 aliphatic heterocycles. The molecular formula is C15H18N2O. The summed E-state index contributed by atoms with van der Waals surface area (Å²) in [5, 5.41) is 10.8. The van der Waals surface area contributed by atoms with Gasteiger partial charge in [-0.25, -0.2) is 0 Å². The summed E-state index contributed by atoms with van der Waals surface area (Å²) in [6, 6.07) is 12.4. The zero-order chi connectivity index (χ0) is 12.4. The summed E-state index contributed by atoms with van der Waals surface area (Å²) in [7, 11) is 0. The molecule has 1 atom stereocenters. The number of aliphatic hydroxyl groups excluding tert-OH is 1. The van der Waals surface area contributed by atoms with Crippen LogP contribution in [0.25, 0.3) is 10.9 Å². The van der Waals surface area contributed by atoms with Crippen molar-refractivity contribution in [2.75, 3.05) is 13.1 Å². The van der Waals surface area contributed by atoms with Gasteiger partial charge in [0, 0.05) is 18.5 Å². The highest BCUT2D eigenvalue weighted by molar-refractivity contribution is 5.78. The number of hydrogen-bond acceptors (Lipinski definition) is 3. The fourth-order valence-corrected chi connectivity index (χ4v) is 2.60. The molecular weight excluding hydrogens is 224 g/mol. The number of para-hydroxylation sites is 1. The van der Waals surface area contributed by atoms with Gasteiger partial charge in [-0.1, -0.05) is 24.3 Å². The summed E-state index contributed by atoms with van der Waals surface area (Å²) in [4.78, 5) is 6.95. The van der Waals surface area contributed by atoms with Crippen molar-refractivity contribution in [1.82, 2.24) is 9.88 Å². The molecule has 1 aromatic carbocycles. The first-order valence-corrected chi connectivity index (χ1v) is 6.56. The summed E-state index contributed by atoms with van der Waals surface area (Å²) in [6.07, 6.45) is 1.84. The lowest BCUT2D eigenvalue weighted by Gasteiger charge is -2.29. The summed E-state index contributed by atoms with van der Waals surface area (Å²) in [5.74, 6) is 0. The Labute approximate surface area is 107 Å². The third-order valence-electron chi connectivity index (χ3n) is 3.52. The number of aliphatic hydroxyl groups is 1. The van der Waals surface area contributed by atoms with E-state index < -0.39 is 0 Å². The molecule has 1 N–H and O–H groups in total. The van der Waals surface area contributed by atoms with Crippen LogP contribution >= 0.6 is 0 Å². The van der Waals surface area contributed by atoms with Crippen LogP contribution in [0.5, 0.6) is 0 Å². The highest BCUT2D eigenvalue weighted by Gasteiger charge is 2.17. The molecule has 2 aromatic rings. The van der Waals surface area contributed by atoms with E-state index >= 15 is 0 Å². The van der Waals surface area contributed by atoms with Crippen molar-refractivity contribution >= 4 is 10.9 Å². The van der Waals surface area contributed by atoms with Gasteiger partial charge in [0.1, 0.15) is 0 Å². The lowest BCUT2D eigenvalue weighted by Crippen LogP contribution is -2.37. The average molecular weight is 242 g/mol. The van der Waals surface area contributed by atoms with Gasteiger partial charge >= 0.3 is 0 Å². The van der Waals surface area contributed by atoms with Crippen LogP contribution in [0.4, 0.5) is 0 Å². The van der Waals surface area contributed by atoms with Gasteiger partial charge in [-0.3, -0.25) is 9.88 Å². The Kier molecular flexibility index (Phi) is 3.26. The number of pyridine rings is 1. The summed E-state index contributed by atoms with van der Waals surface area (Å²) in [6.45, 7) is 2.67. The Morgan fingerprint density at radius 1 is 1.22 bits per heavy atom. The first-order chi connectivity index (χ1) is 8.81. The van der Waals surface area contributed by atoms with Crippen LogP contribution in [0.2, 0.25) is 0 Å². The maximum atomic E-state index is 9.67. The monoisotopic (exact) mass is 242 g/mol. The van der Waals surface area contributed by atoms with E-state index in [1.165, 1.54) is 5.39 Å². The van der Waals surface area contributed by atoms with E-state index in [2.05, 4.69) is 28.1 Å². The SMILES string of the molecule is OC1CCCN(Cc2ccc3ccccc3n2)C1. The Balaban J connectivity index is 1.78. The predicted octanol–water partition coefficient (Wildman–Crippen LogP) is 2.19. The van der Waals surface area contributed by atoms with Crippen LogP contribution in [0.1, 0.15) is 18.5 Å². The number of likely N-dealkylation sites (tertiary alicyclic amines) is 1. The molecule has 0 saturated carbocycles. The summed E-state index contributed by atoms with van der Waals surface area (Å²) < 4.78 is 0. The van der Waals surface area contributed by atoms with E-state index in [1.54, 1.807) is 0 Å². The molecule has 0 amide bonds. The molecule has 0 bridgehead atoms. The fraction of sp³-hybridized carbons (Fsp3) is 0.400. The van der Waals surface area contributed by atoms with Gasteiger partial charge in [-0.05, 0) is 31.5 Å². The van der Waals surface area contributed by atoms with Crippen LogP contribution < -0.4 is 0 Å². The van der Waals surface area contributed by atoms with Gasteiger partial charge in [-0.2, -0.15) is 0 Å². The largest absolute Gasteiger partial charge is 0.392 e. The topological polar surface area (TPSA) is 36.4 Å². The molecule has 1 fully saturated rings. The van der Waals surface area contributed by atoms with E-state index in [-0.39, 0.29) is 6.10 Å². The molecule has 0 aliphatic carbocycles. The molecule has 1 aliphatic rings. The average Bonchev–Trinajstić information content (AvgIpc) is 2.39. The first-order valence-electron chi connectivity index (χ1n) is 6.56. The second-order valence-corrected chi connectivity index (χ2v) is 5.03. The summed E-state index contributed by atoms with van der Waals surface area (Å²) >= 11 is 0. The van der Waals surface area contributed by atoms with Crippen molar-refractivity contribution in [2.45, 2.75) is 25.5 Å². The molecule has 1 aromatic heterocycles. The third-order valence-corrected chi connectivity index (χ3v) is 3.52. The third kappa shape index (κ3) is 2.52. The maximum absolute atomic E-state index is 9.67. The van der Waals surface area contributed by atoms with Crippen LogP contribution in [-0.2, 0) is 6.54 Å². The fourth-order valence-electron chi connectivity index (χ4n) is 2.60. The van der Waals surface area contributed by atoms with Crippen molar-refractivity contribution in [1.29, 1.82) is 0 Å². The Hall–Kier alpha value is -1.45. The quantitative estimate of drug-likeness (QED) is 0.877. The highest BCUT2D eigenvalue weighted by Crippen LogP contribution is 2.15. The second-order valence-electron chi connectivity index (χ2n) is 5.03.